The molecule has 7 nitrogen and oxygen atoms in total. The van der Waals surface area contributed by atoms with Crippen LogP contribution in [0.25, 0.3) is 22.8 Å². The first-order valence-electron chi connectivity index (χ1n) is 6.50. The van der Waals surface area contributed by atoms with Gasteiger partial charge in [0.25, 0.3) is 0 Å². The van der Waals surface area contributed by atoms with Crippen LogP contribution in [0.5, 0.6) is 0 Å². The average Bonchev–Trinajstić information content (AvgIpc) is 3.24. The molecule has 0 atom stereocenters. The van der Waals surface area contributed by atoms with Gasteiger partial charge in [-0.05, 0) is 24.3 Å². The Hall–Kier alpha value is -3.05. The normalized spacial score (nSPS) is 10.4. The average molecular weight is 326 g/mol. The molecule has 8 heteroatoms. The van der Waals surface area contributed by atoms with Gasteiger partial charge in [-0.15, -0.1) is 10.2 Å². The lowest BCUT2D eigenvalue weighted by Gasteiger charge is -2.09. The Labute approximate surface area is 135 Å². The summed E-state index contributed by atoms with van der Waals surface area (Å²) in [7, 11) is 0. The van der Waals surface area contributed by atoms with Crippen LogP contribution in [-0.4, -0.2) is 21.9 Å². The maximum absolute atomic E-state index is 11.0. The van der Waals surface area contributed by atoms with E-state index in [2.05, 4.69) is 16.3 Å². The van der Waals surface area contributed by atoms with Crippen LogP contribution >= 0.6 is 11.8 Å². The molecular weight excluding hydrogens is 316 g/mol. The third-order valence-electron chi connectivity index (χ3n) is 2.93. The molecule has 0 saturated carbocycles. The summed E-state index contributed by atoms with van der Waals surface area (Å²) in [5.74, 6) is 0.423. The first-order valence-corrected chi connectivity index (χ1v) is 7.49. The summed E-state index contributed by atoms with van der Waals surface area (Å²) in [6.07, 6.45) is 3.00. The van der Waals surface area contributed by atoms with E-state index < -0.39 is 5.91 Å². The number of hydrogen-bond donors (Lipinski definition) is 1. The highest BCUT2D eigenvalue weighted by molar-refractivity contribution is 8.00. The smallest absolute Gasteiger partial charge is 0.227 e. The molecule has 0 unspecified atom stereocenters. The second kappa shape index (κ2) is 6.37. The minimum absolute atomic E-state index is 0.00105. The van der Waals surface area contributed by atoms with E-state index in [9.17, 15) is 10.1 Å². The van der Waals surface area contributed by atoms with Crippen molar-refractivity contribution in [3.63, 3.8) is 0 Å². The van der Waals surface area contributed by atoms with Gasteiger partial charge >= 0.3 is 0 Å². The number of carbonyl (C=O) groups excluding carboxylic acids is 1. The van der Waals surface area contributed by atoms with Crippen molar-refractivity contribution in [2.24, 2.45) is 5.73 Å². The number of aromatic nitrogens is 2. The van der Waals surface area contributed by atoms with Gasteiger partial charge in [0.15, 0.2) is 5.76 Å². The van der Waals surface area contributed by atoms with Gasteiger partial charge in [0.2, 0.25) is 5.91 Å². The van der Waals surface area contributed by atoms with Gasteiger partial charge in [-0.2, -0.15) is 5.26 Å². The van der Waals surface area contributed by atoms with Gasteiger partial charge in [0, 0.05) is 0 Å². The molecule has 0 spiro atoms. The van der Waals surface area contributed by atoms with Gasteiger partial charge < -0.3 is 14.6 Å². The topological polar surface area (TPSA) is 119 Å². The number of primary amides is 1. The Bertz CT molecular complexity index is 867. The first kappa shape index (κ1) is 14.9. The first-order chi connectivity index (χ1) is 11.2. The minimum Gasteiger partial charge on any atom is -0.464 e. The zero-order valence-corrected chi connectivity index (χ0v) is 12.5. The summed E-state index contributed by atoms with van der Waals surface area (Å²) in [5.41, 5.74) is 6.26. The molecule has 114 valence electrons. The van der Waals surface area contributed by atoms with Crippen molar-refractivity contribution in [3.8, 4) is 28.8 Å². The van der Waals surface area contributed by atoms with E-state index in [4.69, 9.17) is 14.6 Å². The molecule has 0 radical (unpaired) electrons. The largest absolute Gasteiger partial charge is 0.464 e. The van der Waals surface area contributed by atoms with Crippen molar-refractivity contribution in [2.75, 3.05) is 5.75 Å². The molecule has 0 aromatic carbocycles. The van der Waals surface area contributed by atoms with E-state index in [0.717, 1.165) is 11.8 Å². The van der Waals surface area contributed by atoms with E-state index in [0.29, 0.717) is 27.8 Å². The van der Waals surface area contributed by atoms with E-state index in [1.807, 2.05) is 0 Å². The van der Waals surface area contributed by atoms with Crippen molar-refractivity contribution in [1.29, 1.82) is 5.26 Å². The lowest BCUT2D eigenvalue weighted by Crippen LogP contribution is -2.13. The lowest BCUT2D eigenvalue weighted by atomic mass is 10.0. The minimum atomic E-state index is -0.504. The van der Waals surface area contributed by atoms with E-state index in [1.54, 1.807) is 24.3 Å². The molecule has 0 fully saturated rings. The lowest BCUT2D eigenvalue weighted by molar-refractivity contribution is -0.115. The van der Waals surface area contributed by atoms with Crippen molar-refractivity contribution in [3.05, 3.63) is 42.4 Å². The molecule has 3 aromatic rings. The standard InChI is InChI=1S/C15H10N4O3S/c16-7-9-13(10-3-1-5-21-10)14(11-4-2-6-22-11)18-19-15(9)23-8-12(17)20/h1-6H,8H2,(H2,17,20). The quantitative estimate of drug-likeness (QED) is 0.715. The molecule has 0 aliphatic carbocycles. The van der Waals surface area contributed by atoms with Crippen molar-refractivity contribution in [1.82, 2.24) is 10.2 Å². The molecule has 1 amide bonds. The molecule has 23 heavy (non-hydrogen) atoms. The monoisotopic (exact) mass is 326 g/mol. The zero-order valence-electron chi connectivity index (χ0n) is 11.7. The summed E-state index contributed by atoms with van der Waals surface area (Å²) in [6, 6.07) is 8.95. The molecule has 0 aliphatic rings. The summed E-state index contributed by atoms with van der Waals surface area (Å²) in [5, 5.41) is 18.0. The fourth-order valence-corrected chi connectivity index (χ4v) is 2.68. The van der Waals surface area contributed by atoms with Gasteiger partial charge in [0.05, 0.1) is 29.4 Å². The summed E-state index contributed by atoms with van der Waals surface area (Å²) in [6.45, 7) is 0. The van der Waals surface area contributed by atoms with Crippen LogP contribution < -0.4 is 5.73 Å². The van der Waals surface area contributed by atoms with Crippen LogP contribution in [0.1, 0.15) is 5.56 Å². The van der Waals surface area contributed by atoms with Crippen LogP contribution in [0, 0.1) is 11.3 Å². The molecule has 3 aromatic heterocycles. The number of rotatable bonds is 5. The predicted molar refractivity (Wildman–Crippen MR) is 82.1 cm³/mol. The van der Waals surface area contributed by atoms with Gasteiger partial charge in [0.1, 0.15) is 22.5 Å². The molecule has 3 rings (SSSR count). The molecular formula is C15H10N4O3S. The third kappa shape index (κ3) is 2.95. The SMILES string of the molecule is N#Cc1c(SCC(N)=O)nnc(-c2ccco2)c1-c1ccco1. The van der Waals surface area contributed by atoms with Gasteiger partial charge in [-0.25, -0.2) is 0 Å². The highest BCUT2D eigenvalue weighted by Gasteiger charge is 2.23. The van der Waals surface area contributed by atoms with Crippen LogP contribution in [0.2, 0.25) is 0 Å². The Balaban J connectivity index is 2.20. The maximum atomic E-state index is 11.0. The Kier molecular flexibility index (Phi) is 4.12. The Morgan fingerprint density at radius 3 is 2.48 bits per heavy atom. The van der Waals surface area contributed by atoms with E-state index in [1.165, 1.54) is 12.5 Å². The fraction of sp³-hybridized carbons (Fsp3) is 0.0667. The summed E-state index contributed by atoms with van der Waals surface area (Å²) < 4.78 is 10.8. The van der Waals surface area contributed by atoms with Crippen LogP contribution in [-0.2, 0) is 4.79 Å². The highest BCUT2D eigenvalue weighted by atomic mass is 32.2. The zero-order chi connectivity index (χ0) is 16.2. The highest BCUT2D eigenvalue weighted by Crippen LogP contribution is 2.36. The Morgan fingerprint density at radius 2 is 1.91 bits per heavy atom. The fourth-order valence-electron chi connectivity index (χ4n) is 2.01. The van der Waals surface area contributed by atoms with Crippen LogP contribution in [0.15, 0.2) is 50.7 Å². The van der Waals surface area contributed by atoms with E-state index in [-0.39, 0.29) is 11.3 Å². The summed E-state index contributed by atoms with van der Waals surface area (Å²) >= 11 is 1.05. The number of thioether (sulfide) groups is 1. The number of nitriles is 1. The molecule has 0 bridgehead atoms. The van der Waals surface area contributed by atoms with Crippen LogP contribution in [0.3, 0.4) is 0 Å². The number of carbonyl (C=O) groups is 1. The van der Waals surface area contributed by atoms with Crippen molar-refractivity contribution in [2.45, 2.75) is 5.03 Å². The molecule has 0 aliphatic heterocycles. The maximum Gasteiger partial charge on any atom is 0.227 e. The third-order valence-corrected chi connectivity index (χ3v) is 3.91. The number of amides is 1. The summed E-state index contributed by atoms with van der Waals surface area (Å²) in [4.78, 5) is 11.0. The molecule has 3 heterocycles. The van der Waals surface area contributed by atoms with Crippen molar-refractivity contribution < 1.29 is 13.6 Å². The number of furan rings is 2. The van der Waals surface area contributed by atoms with E-state index >= 15 is 0 Å². The number of nitrogens with zero attached hydrogens (tertiary/aromatic N) is 3. The Morgan fingerprint density at radius 1 is 1.22 bits per heavy atom. The molecule has 2 N–H and O–H groups in total. The predicted octanol–water partition coefficient (Wildman–Crippen LogP) is 2.45. The number of hydrogen-bond acceptors (Lipinski definition) is 7. The second-order valence-electron chi connectivity index (χ2n) is 4.43. The van der Waals surface area contributed by atoms with Crippen molar-refractivity contribution >= 4 is 17.7 Å². The second-order valence-corrected chi connectivity index (χ2v) is 5.39. The van der Waals surface area contributed by atoms with Gasteiger partial charge in [-0.3, -0.25) is 4.79 Å². The molecule has 0 saturated heterocycles. The van der Waals surface area contributed by atoms with Crippen LogP contribution in [0.4, 0.5) is 0 Å². The number of nitrogens with two attached hydrogens (primary N) is 1. The van der Waals surface area contributed by atoms with Gasteiger partial charge in [-0.1, -0.05) is 11.8 Å².